The first kappa shape index (κ1) is 17.5. The average Bonchev–Trinajstić information content (AvgIpc) is 3.17. The standard InChI is InChI=1S/C18H19FN2O3S/c19-15-5-3-14(4-6-15)12-25-13-17(22)20-7-9-21(10-8-20)18(23)16-2-1-11-24-16/h1-6,11H,7-10,12-13H2. The van der Waals surface area contributed by atoms with Gasteiger partial charge in [0, 0.05) is 31.9 Å². The number of hydrogen-bond acceptors (Lipinski definition) is 4. The van der Waals surface area contributed by atoms with E-state index >= 15 is 0 Å². The second kappa shape index (κ2) is 8.20. The molecule has 1 aromatic carbocycles. The number of thioether (sulfide) groups is 1. The van der Waals surface area contributed by atoms with Gasteiger partial charge in [-0.1, -0.05) is 12.1 Å². The Labute approximate surface area is 149 Å². The Bertz CT molecular complexity index is 710. The maximum atomic E-state index is 12.9. The zero-order chi connectivity index (χ0) is 17.6. The lowest BCUT2D eigenvalue weighted by Gasteiger charge is -2.34. The average molecular weight is 362 g/mol. The first-order chi connectivity index (χ1) is 12.1. The molecule has 0 aliphatic carbocycles. The molecular formula is C18H19FN2O3S. The predicted molar refractivity (Wildman–Crippen MR) is 93.8 cm³/mol. The van der Waals surface area contributed by atoms with Crippen LogP contribution >= 0.6 is 11.8 Å². The molecule has 132 valence electrons. The van der Waals surface area contributed by atoms with E-state index in [1.807, 2.05) is 0 Å². The molecule has 0 saturated carbocycles. The summed E-state index contributed by atoms with van der Waals surface area (Å²) in [4.78, 5) is 27.9. The molecule has 3 rings (SSSR count). The summed E-state index contributed by atoms with van der Waals surface area (Å²) in [5, 5.41) is 0. The number of carbonyl (C=O) groups excluding carboxylic acids is 2. The first-order valence-corrected chi connectivity index (χ1v) is 9.22. The van der Waals surface area contributed by atoms with E-state index in [1.165, 1.54) is 30.2 Å². The SMILES string of the molecule is O=C(CSCc1ccc(F)cc1)N1CCN(C(=O)c2ccco2)CC1. The maximum absolute atomic E-state index is 12.9. The fourth-order valence-electron chi connectivity index (χ4n) is 2.64. The third kappa shape index (κ3) is 4.63. The van der Waals surface area contributed by atoms with Crippen LogP contribution in [0.4, 0.5) is 4.39 Å². The number of furan rings is 1. The summed E-state index contributed by atoms with van der Waals surface area (Å²) in [7, 11) is 0. The van der Waals surface area contributed by atoms with E-state index in [-0.39, 0.29) is 17.6 Å². The van der Waals surface area contributed by atoms with Crippen LogP contribution in [0.25, 0.3) is 0 Å². The topological polar surface area (TPSA) is 53.8 Å². The molecule has 2 amide bonds. The third-order valence-corrected chi connectivity index (χ3v) is 5.05. The van der Waals surface area contributed by atoms with Gasteiger partial charge in [-0.05, 0) is 29.8 Å². The van der Waals surface area contributed by atoms with Crippen LogP contribution in [0.1, 0.15) is 16.1 Å². The predicted octanol–water partition coefficient (Wildman–Crippen LogP) is 2.64. The number of hydrogen-bond donors (Lipinski definition) is 0. The van der Waals surface area contributed by atoms with Gasteiger partial charge in [-0.25, -0.2) is 4.39 Å². The summed E-state index contributed by atoms with van der Waals surface area (Å²) in [5.41, 5.74) is 0.994. The van der Waals surface area contributed by atoms with Crippen LogP contribution in [0, 0.1) is 5.82 Å². The first-order valence-electron chi connectivity index (χ1n) is 8.06. The van der Waals surface area contributed by atoms with E-state index in [2.05, 4.69) is 0 Å². The molecule has 7 heteroatoms. The zero-order valence-corrected chi connectivity index (χ0v) is 14.5. The number of rotatable bonds is 5. The van der Waals surface area contributed by atoms with Crippen LogP contribution in [0.5, 0.6) is 0 Å². The molecular weight excluding hydrogens is 343 g/mol. The highest BCUT2D eigenvalue weighted by atomic mass is 32.2. The van der Waals surface area contributed by atoms with Crippen LogP contribution < -0.4 is 0 Å². The van der Waals surface area contributed by atoms with Crippen molar-refractivity contribution in [1.29, 1.82) is 0 Å². The zero-order valence-electron chi connectivity index (χ0n) is 13.7. The van der Waals surface area contributed by atoms with E-state index in [0.29, 0.717) is 43.4 Å². The summed E-state index contributed by atoms with van der Waals surface area (Å²) >= 11 is 1.51. The lowest BCUT2D eigenvalue weighted by atomic mass is 10.2. The quantitative estimate of drug-likeness (QED) is 0.821. The van der Waals surface area contributed by atoms with Crippen molar-refractivity contribution in [2.75, 3.05) is 31.9 Å². The third-order valence-electron chi connectivity index (χ3n) is 4.06. The van der Waals surface area contributed by atoms with Gasteiger partial charge in [-0.2, -0.15) is 0 Å². The van der Waals surface area contributed by atoms with Crippen molar-refractivity contribution in [1.82, 2.24) is 9.80 Å². The number of halogens is 1. The van der Waals surface area contributed by atoms with Crippen LogP contribution in [0.15, 0.2) is 47.1 Å². The van der Waals surface area contributed by atoms with Crippen molar-refractivity contribution in [3.8, 4) is 0 Å². The van der Waals surface area contributed by atoms with Crippen LogP contribution in [0.2, 0.25) is 0 Å². The van der Waals surface area contributed by atoms with E-state index in [4.69, 9.17) is 4.42 Å². The monoisotopic (exact) mass is 362 g/mol. The molecule has 0 unspecified atom stereocenters. The summed E-state index contributed by atoms with van der Waals surface area (Å²) in [6.45, 7) is 2.08. The molecule has 0 bridgehead atoms. The minimum atomic E-state index is -0.258. The number of piperazine rings is 1. The van der Waals surface area contributed by atoms with Gasteiger partial charge < -0.3 is 14.2 Å². The van der Waals surface area contributed by atoms with Gasteiger partial charge in [0.05, 0.1) is 12.0 Å². The van der Waals surface area contributed by atoms with Gasteiger partial charge >= 0.3 is 0 Å². The Morgan fingerprint density at radius 1 is 1.04 bits per heavy atom. The van der Waals surface area contributed by atoms with Crippen LogP contribution in [-0.2, 0) is 10.5 Å². The minimum absolute atomic E-state index is 0.0669. The second-order valence-corrected chi connectivity index (χ2v) is 6.76. The van der Waals surface area contributed by atoms with Crippen molar-refractivity contribution in [3.05, 3.63) is 59.8 Å². The number of benzene rings is 1. The van der Waals surface area contributed by atoms with Gasteiger partial charge in [0.2, 0.25) is 5.91 Å². The highest BCUT2D eigenvalue weighted by molar-refractivity contribution is 7.99. The van der Waals surface area contributed by atoms with Gasteiger partial charge in [0.15, 0.2) is 5.76 Å². The van der Waals surface area contributed by atoms with Crippen LogP contribution in [-0.4, -0.2) is 53.5 Å². The summed E-state index contributed by atoms with van der Waals surface area (Å²) in [6, 6.07) is 9.63. The molecule has 25 heavy (non-hydrogen) atoms. The molecule has 1 aliphatic heterocycles. The van der Waals surface area contributed by atoms with Crippen molar-refractivity contribution >= 4 is 23.6 Å². The van der Waals surface area contributed by atoms with E-state index in [1.54, 1.807) is 34.1 Å². The Hall–Kier alpha value is -2.28. The number of amides is 2. The summed E-state index contributed by atoms with van der Waals surface area (Å²) in [6.07, 6.45) is 1.48. The number of nitrogens with zero attached hydrogens (tertiary/aromatic N) is 2. The van der Waals surface area contributed by atoms with Crippen LogP contribution in [0.3, 0.4) is 0 Å². The lowest BCUT2D eigenvalue weighted by molar-refractivity contribution is -0.129. The minimum Gasteiger partial charge on any atom is -0.459 e. The highest BCUT2D eigenvalue weighted by Crippen LogP contribution is 2.15. The summed E-state index contributed by atoms with van der Waals surface area (Å²) < 4.78 is 18.0. The molecule has 2 heterocycles. The van der Waals surface area contributed by atoms with Crippen molar-refractivity contribution in [2.45, 2.75) is 5.75 Å². The number of carbonyl (C=O) groups is 2. The highest BCUT2D eigenvalue weighted by Gasteiger charge is 2.25. The molecule has 1 aromatic heterocycles. The van der Waals surface area contributed by atoms with Crippen molar-refractivity contribution in [2.24, 2.45) is 0 Å². The van der Waals surface area contributed by atoms with Gasteiger partial charge in [-0.15, -0.1) is 11.8 Å². The fraction of sp³-hybridized carbons (Fsp3) is 0.333. The van der Waals surface area contributed by atoms with Crippen molar-refractivity contribution < 1.29 is 18.4 Å². The molecule has 1 aliphatic rings. The molecule has 0 N–H and O–H groups in total. The fourth-order valence-corrected chi connectivity index (χ4v) is 3.53. The molecule has 1 fully saturated rings. The molecule has 1 saturated heterocycles. The van der Waals surface area contributed by atoms with E-state index in [9.17, 15) is 14.0 Å². The smallest absolute Gasteiger partial charge is 0.289 e. The Kier molecular flexibility index (Phi) is 5.75. The molecule has 0 radical (unpaired) electrons. The Morgan fingerprint density at radius 3 is 2.36 bits per heavy atom. The Balaban J connectivity index is 1.41. The molecule has 0 atom stereocenters. The second-order valence-electron chi connectivity index (χ2n) is 5.77. The normalized spacial score (nSPS) is 14.6. The van der Waals surface area contributed by atoms with Crippen molar-refractivity contribution in [3.63, 3.8) is 0 Å². The largest absolute Gasteiger partial charge is 0.459 e. The van der Waals surface area contributed by atoms with Gasteiger partial charge in [-0.3, -0.25) is 9.59 Å². The lowest BCUT2D eigenvalue weighted by Crippen LogP contribution is -2.51. The summed E-state index contributed by atoms with van der Waals surface area (Å²) in [5.74, 6) is 1.05. The van der Waals surface area contributed by atoms with Gasteiger partial charge in [0.25, 0.3) is 5.91 Å². The van der Waals surface area contributed by atoms with E-state index < -0.39 is 0 Å². The molecule has 0 spiro atoms. The maximum Gasteiger partial charge on any atom is 0.289 e. The van der Waals surface area contributed by atoms with Gasteiger partial charge in [0.1, 0.15) is 5.82 Å². The molecule has 2 aromatic rings. The van der Waals surface area contributed by atoms with E-state index in [0.717, 1.165) is 5.56 Å². The molecule has 5 nitrogen and oxygen atoms in total. The Morgan fingerprint density at radius 2 is 1.72 bits per heavy atom.